The second-order valence-corrected chi connectivity index (χ2v) is 4.87. The van der Waals surface area contributed by atoms with Crippen LogP contribution >= 0.6 is 0 Å². The monoisotopic (exact) mass is 235 g/mol. The van der Waals surface area contributed by atoms with Gasteiger partial charge in [0.2, 0.25) is 0 Å². The lowest BCUT2D eigenvalue weighted by Gasteiger charge is -2.15. The highest BCUT2D eigenvalue weighted by Crippen LogP contribution is 2.16. The molecule has 2 heteroatoms. The Morgan fingerprint density at radius 1 is 1.29 bits per heavy atom. The van der Waals surface area contributed by atoms with Crippen LogP contribution in [0.25, 0.3) is 0 Å². The van der Waals surface area contributed by atoms with E-state index < -0.39 is 0 Å². The number of nitrogens with one attached hydrogen (secondary N) is 1. The van der Waals surface area contributed by atoms with Crippen molar-refractivity contribution < 1.29 is 4.74 Å². The van der Waals surface area contributed by atoms with Crippen molar-refractivity contribution in [1.82, 2.24) is 5.32 Å². The number of hydrogen-bond acceptors (Lipinski definition) is 2. The maximum Gasteiger partial charge on any atom is 0.0587 e. The zero-order valence-electron chi connectivity index (χ0n) is 11.5. The Hall–Kier alpha value is -0.860. The molecule has 1 unspecified atom stereocenters. The van der Waals surface area contributed by atoms with Gasteiger partial charge in [-0.15, -0.1) is 0 Å². The highest BCUT2D eigenvalue weighted by Gasteiger charge is 2.06. The third-order valence-electron chi connectivity index (χ3n) is 3.26. The van der Waals surface area contributed by atoms with Crippen molar-refractivity contribution in [2.45, 2.75) is 27.2 Å². The zero-order valence-corrected chi connectivity index (χ0v) is 11.5. The maximum atomic E-state index is 5.01. The van der Waals surface area contributed by atoms with Crippen LogP contribution in [0.5, 0.6) is 0 Å². The molecule has 0 aliphatic rings. The van der Waals surface area contributed by atoms with Crippen LogP contribution in [0, 0.1) is 19.8 Å². The van der Waals surface area contributed by atoms with Crippen molar-refractivity contribution in [2.75, 3.05) is 26.8 Å². The Morgan fingerprint density at radius 2 is 2.06 bits per heavy atom. The van der Waals surface area contributed by atoms with E-state index in [1.165, 1.54) is 16.7 Å². The maximum absolute atomic E-state index is 5.01. The summed E-state index contributed by atoms with van der Waals surface area (Å²) in [6.45, 7) is 9.47. The predicted octanol–water partition coefficient (Wildman–Crippen LogP) is 2.72. The van der Waals surface area contributed by atoms with Gasteiger partial charge in [0.1, 0.15) is 0 Å². The molecular weight excluding hydrogens is 210 g/mol. The van der Waals surface area contributed by atoms with Crippen LogP contribution < -0.4 is 5.32 Å². The third-order valence-corrected chi connectivity index (χ3v) is 3.26. The smallest absolute Gasteiger partial charge is 0.0587 e. The molecule has 0 saturated heterocycles. The molecule has 0 bridgehead atoms. The summed E-state index contributed by atoms with van der Waals surface area (Å²) in [7, 11) is 1.74. The quantitative estimate of drug-likeness (QED) is 0.734. The van der Waals surface area contributed by atoms with Gasteiger partial charge in [-0.1, -0.05) is 25.1 Å². The van der Waals surface area contributed by atoms with Crippen LogP contribution in [0.4, 0.5) is 0 Å². The fourth-order valence-corrected chi connectivity index (χ4v) is 2.00. The summed E-state index contributed by atoms with van der Waals surface area (Å²) in [6, 6.07) is 6.58. The molecule has 0 spiro atoms. The number of methoxy groups -OCH3 is 1. The molecule has 0 heterocycles. The Bertz CT molecular complexity index is 336. The summed E-state index contributed by atoms with van der Waals surface area (Å²) in [6.07, 6.45) is 1.15. The molecule has 0 fully saturated rings. The van der Waals surface area contributed by atoms with E-state index in [4.69, 9.17) is 4.74 Å². The Balaban J connectivity index is 2.39. The molecule has 0 aromatic heterocycles. The van der Waals surface area contributed by atoms with Gasteiger partial charge in [-0.3, -0.25) is 0 Å². The number of aryl methyl sites for hydroxylation is 1. The Morgan fingerprint density at radius 3 is 2.76 bits per heavy atom. The molecule has 0 radical (unpaired) electrons. The van der Waals surface area contributed by atoms with Gasteiger partial charge in [0.05, 0.1) is 6.61 Å². The van der Waals surface area contributed by atoms with Crippen LogP contribution in [0.15, 0.2) is 18.2 Å². The van der Waals surface area contributed by atoms with Gasteiger partial charge in [-0.2, -0.15) is 0 Å². The normalized spacial score (nSPS) is 12.7. The lowest BCUT2D eigenvalue weighted by Crippen LogP contribution is -2.25. The summed E-state index contributed by atoms with van der Waals surface area (Å²) in [5.74, 6) is 0.660. The number of rotatable bonds is 7. The minimum Gasteiger partial charge on any atom is -0.383 e. The van der Waals surface area contributed by atoms with Gasteiger partial charge in [0.25, 0.3) is 0 Å². The molecule has 0 amide bonds. The first-order valence-corrected chi connectivity index (χ1v) is 6.40. The van der Waals surface area contributed by atoms with E-state index in [2.05, 4.69) is 44.3 Å². The SMILES string of the molecule is COCCNCC(C)Cc1cccc(C)c1C. The minimum atomic E-state index is 0.660. The van der Waals surface area contributed by atoms with Gasteiger partial charge >= 0.3 is 0 Å². The number of ether oxygens (including phenoxy) is 1. The molecular formula is C15H25NO. The van der Waals surface area contributed by atoms with Gasteiger partial charge in [-0.05, 0) is 49.4 Å². The molecule has 0 aliphatic heterocycles. The first-order valence-electron chi connectivity index (χ1n) is 6.40. The second-order valence-electron chi connectivity index (χ2n) is 4.87. The van der Waals surface area contributed by atoms with Gasteiger partial charge < -0.3 is 10.1 Å². The molecule has 1 N–H and O–H groups in total. The lowest BCUT2D eigenvalue weighted by molar-refractivity contribution is 0.198. The largest absolute Gasteiger partial charge is 0.383 e. The van der Waals surface area contributed by atoms with Crippen molar-refractivity contribution in [3.05, 3.63) is 34.9 Å². The molecule has 1 atom stereocenters. The van der Waals surface area contributed by atoms with E-state index in [1.807, 2.05) is 0 Å². The van der Waals surface area contributed by atoms with Crippen LogP contribution in [-0.2, 0) is 11.2 Å². The van der Waals surface area contributed by atoms with Gasteiger partial charge in [-0.25, -0.2) is 0 Å². The summed E-state index contributed by atoms with van der Waals surface area (Å²) < 4.78 is 5.01. The van der Waals surface area contributed by atoms with Crippen LogP contribution in [0.2, 0.25) is 0 Å². The molecule has 96 valence electrons. The summed E-state index contributed by atoms with van der Waals surface area (Å²) >= 11 is 0. The number of benzene rings is 1. The van der Waals surface area contributed by atoms with Gasteiger partial charge in [0, 0.05) is 13.7 Å². The standard InChI is InChI=1S/C15H25NO/c1-12(11-16-8-9-17-4)10-15-7-5-6-13(2)14(15)3/h5-7,12,16H,8-11H2,1-4H3. The predicted molar refractivity (Wildman–Crippen MR) is 73.5 cm³/mol. The molecule has 1 aromatic rings. The number of hydrogen-bond donors (Lipinski definition) is 1. The molecule has 17 heavy (non-hydrogen) atoms. The van der Waals surface area contributed by atoms with E-state index >= 15 is 0 Å². The summed E-state index contributed by atoms with van der Waals surface area (Å²) in [5.41, 5.74) is 4.31. The van der Waals surface area contributed by atoms with E-state index in [-0.39, 0.29) is 0 Å². The fraction of sp³-hybridized carbons (Fsp3) is 0.600. The molecule has 0 saturated carbocycles. The second kappa shape index (κ2) is 7.46. The highest BCUT2D eigenvalue weighted by molar-refractivity contribution is 5.33. The van der Waals surface area contributed by atoms with E-state index in [1.54, 1.807) is 7.11 Å². The molecule has 1 aromatic carbocycles. The Labute approximate surface area is 105 Å². The minimum absolute atomic E-state index is 0.660. The average molecular weight is 235 g/mol. The average Bonchev–Trinajstić information content (AvgIpc) is 2.31. The highest BCUT2D eigenvalue weighted by atomic mass is 16.5. The summed E-state index contributed by atoms with van der Waals surface area (Å²) in [5, 5.41) is 3.42. The van der Waals surface area contributed by atoms with E-state index in [9.17, 15) is 0 Å². The van der Waals surface area contributed by atoms with Crippen molar-refractivity contribution in [1.29, 1.82) is 0 Å². The Kier molecular flexibility index (Phi) is 6.23. The van der Waals surface area contributed by atoms with E-state index in [0.717, 1.165) is 26.1 Å². The third kappa shape index (κ3) is 4.88. The van der Waals surface area contributed by atoms with E-state index in [0.29, 0.717) is 5.92 Å². The van der Waals surface area contributed by atoms with Crippen molar-refractivity contribution in [3.8, 4) is 0 Å². The first kappa shape index (κ1) is 14.2. The van der Waals surface area contributed by atoms with Crippen LogP contribution in [0.3, 0.4) is 0 Å². The molecule has 0 aliphatic carbocycles. The van der Waals surface area contributed by atoms with Crippen LogP contribution in [-0.4, -0.2) is 26.8 Å². The van der Waals surface area contributed by atoms with Crippen molar-refractivity contribution in [3.63, 3.8) is 0 Å². The molecule has 2 nitrogen and oxygen atoms in total. The van der Waals surface area contributed by atoms with Gasteiger partial charge in [0.15, 0.2) is 0 Å². The lowest BCUT2D eigenvalue weighted by atomic mass is 9.95. The first-order chi connectivity index (χ1) is 8.15. The van der Waals surface area contributed by atoms with Crippen LogP contribution in [0.1, 0.15) is 23.6 Å². The van der Waals surface area contributed by atoms with Crippen molar-refractivity contribution >= 4 is 0 Å². The molecule has 1 rings (SSSR count). The van der Waals surface area contributed by atoms with Crippen molar-refractivity contribution in [2.24, 2.45) is 5.92 Å². The topological polar surface area (TPSA) is 21.3 Å². The fourth-order valence-electron chi connectivity index (χ4n) is 2.00. The summed E-state index contributed by atoms with van der Waals surface area (Å²) in [4.78, 5) is 0. The zero-order chi connectivity index (χ0) is 12.7.